The zero-order chi connectivity index (χ0) is 17.9. The zero-order valence-corrected chi connectivity index (χ0v) is 15.3. The van der Waals surface area contributed by atoms with Crippen LogP contribution in [0.25, 0.3) is 0 Å². The molecule has 24 heavy (non-hydrogen) atoms. The second-order valence-electron chi connectivity index (χ2n) is 5.46. The van der Waals surface area contributed by atoms with Gasteiger partial charge in [0.15, 0.2) is 0 Å². The molecule has 1 aromatic carbocycles. The number of hydrogen-bond acceptors (Lipinski definition) is 5. The number of benzene rings is 1. The fourth-order valence-electron chi connectivity index (χ4n) is 2.56. The number of carboxylic acids is 1. The lowest BCUT2D eigenvalue weighted by atomic mass is 10.1. The summed E-state index contributed by atoms with van der Waals surface area (Å²) in [7, 11) is -2.42. The molecule has 1 aliphatic heterocycles. The van der Waals surface area contributed by atoms with Crippen molar-refractivity contribution in [3.05, 3.63) is 22.2 Å². The van der Waals surface area contributed by atoms with Crippen molar-refractivity contribution < 1.29 is 23.1 Å². The Labute approximate surface area is 150 Å². The Kier molecular flexibility index (Phi) is 6.33. The number of piperidine rings is 1. The maximum Gasteiger partial charge on any atom is 0.317 e. The molecule has 2 N–H and O–H groups in total. The normalized spacial score (nSPS) is 17.0. The molecule has 0 radical (unpaired) electrons. The SMILES string of the molecule is COc1ccc(S(=O)(=O)NC2CCN(CC(=O)O)CC2)c(Cl)c1Cl. The molecule has 0 aliphatic carbocycles. The van der Waals surface area contributed by atoms with Crippen LogP contribution in [0.5, 0.6) is 5.75 Å². The molecule has 7 nitrogen and oxygen atoms in total. The van der Waals surface area contributed by atoms with Crippen LogP contribution in [-0.4, -0.2) is 57.2 Å². The minimum Gasteiger partial charge on any atom is -0.495 e. The number of hydrogen-bond donors (Lipinski definition) is 2. The maximum absolute atomic E-state index is 12.5. The van der Waals surface area contributed by atoms with Crippen LogP contribution in [0, 0.1) is 0 Å². The molecule has 10 heteroatoms. The van der Waals surface area contributed by atoms with E-state index in [0.29, 0.717) is 31.7 Å². The van der Waals surface area contributed by atoms with Gasteiger partial charge in [0.2, 0.25) is 10.0 Å². The van der Waals surface area contributed by atoms with Gasteiger partial charge in [-0.3, -0.25) is 9.69 Å². The number of likely N-dealkylation sites (tertiary alicyclic amines) is 1. The molecule has 1 aromatic rings. The van der Waals surface area contributed by atoms with E-state index in [1.807, 2.05) is 0 Å². The monoisotopic (exact) mass is 396 g/mol. The molecule has 1 heterocycles. The van der Waals surface area contributed by atoms with E-state index in [4.69, 9.17) is 33.0 Å². The molecule has 0 unspecified atom stereocenters. The van der Waals surface area contributed by atoms with Crippen molar-refractivity contribution in [3.63, 3.8) is 0 Å². The number of carboxylic acid groups (broad SMARTS) is 1. The number of methoxy groups -OCH3 is 1. The summed E-state index contributed by atoms with van der Waals surface area (Å²) in [6.07, 6.45) is 1.04. The van der Waals surface area contributed by atoms with E-state index in [0.717, 1.165) is 0 Å². The predicted octanol–water partition coefficient (Wildman–Crippen LogP) is 1.83. The Balaban J connectivity index is 2.08. The van der Waals surface area contributed by atoms with Crippen LogP contribution in [0.4, 0.5) is 0 Å². The highest BCUT2D eigenvalue weighted by Crippen LogP contribution is 2.36. The van der Waals surface area contributed by atoms with Crippen LogP contribution < -0.4 is 9.46 Å². The number of halogens is 2. The molecular formula is C14H18Cl2N2O5S. The second kappa shape index (κ2) is 7.88. The van der Waals surface area contributed by atoms with Crippen LogP contribution in [0.3, 0.4) is 0 Å². The first-order valence-corrected chi connectivity index (χ1v) is 9.47. The molecule has 0 bridgehead atoms. The lowest BCUT2D eigenvalue weighted by Crippen LogP contribution is -2.45. The first-order valence-electron chi connectivity index (χ1n) is 7.23. The Morgan fingerprint density at radius 1 is 1.33 bits per heavy atom. The molecular weight excluding hydrogens is 379 g/mol. The highest BCUT2D eigenvalue weighted by atomic mass is 35.5. The lowest BCUT2D eigenvalue weighted by molar-refractivity contribution is -0.138. The van der Waals surface area contributed by atoms with Gasteiger partial charge in [0.05, 0.1) is 18.7 Å². The summed E-state index contributed by atoms with van der Waals surface area (Å²) in [6, 6.07) is 2.50. The molecule has 1 aliphatic rings. The highest BCUT2D eigenvalue weighted by Gasteiger charge is 2.28. The second-order valence-corrected chi connectivity index (χ2v) is 7.90. The first kappa shape index (κ1) is 19.3. The molecule has 134 valence electrons. The minimum atomic E-state index is -3.84. The smallest absolute Gasteiger partial charge is 0.317 e. The van der Waals surface area contributed by atoms with Gasteiger partial charge in [-0.15, -0.1) is 0 Å². The summed E-state index contributed by atoms with van der Waals surface area (Å²) in [5, 5.41) is 8.72. The Morgan fingerprint density at radius 3 is 2.50 bits per heavy atom. The van der Waals surface area contributed by atoms with Crippen LogP contribution in [0.2, 0.25) is 10.0 Å². The summed E-state index contributed by atoms with van der Waals surface area (Å²) >= 11 is 12.1. The number of nitrogens with zero attached hydrogens (tertiary/aromatic N) is 1. The first-order chi connectivity index (χ1) is 11.2. The van der Waals surface area contributed by atoms with Crippen LogP contribution in [-0.2, 0) is 14.8 Å². The van der Waals surface area contributed by atoms with Crippen LogP contribution in [0.1, 0.15) is 12.8 Å². The van der Waals surface area contributed by atoms with Gasteiger partial charge in [0, 0.05) is 19.1 Å². The molecule has 0 atom stereocenters. The van der Waals surface area contributed by atoms with E-state index in [2.05, 4.69) is 4.72 Å². The van der Waals surface area contributed by atoms with Gasteiger partial charge in [-0.2, -0.15) is 0 Å². The van der Waals surface area contributed by atoms with Crippen molar-refractivity contribution in [3.8, 4) is 5.75 Å². The van der Waals surface area contributed by atoms with Crippen molar-refractivity contribution in [2.75, 3.05) is 26.7 Å². The van der Waals surface area contributed by atoms with Crippen molar-refractivity contribution >= 4 is 39.2 Å². The summed E-state index contributed by atoms with van der Waals surface area (Å²) < 4.78 is 32.7. The van der Waals surface area contributed by atoms with Crippen molar-refractivity contribution in [2.24, 2.45) is 0 Å². The highest BCUT2D eigenvalue weighted by molar-refractivity contribution is 7.89. The summed E-state index contributed by atoms with van der Waals surface area (Å²) in [4.78, 5) is 12.4. The minimum absolute atomic E-state index is 0.0401. The Morgan fingerprint density at radius 2 is 1.96 bits per heavy atom. The molecule has 0 spiro atoms. The third-order valence-corrected chi connectivity index (χ3v) is 6.33. The average Bonchev–Trinajstić information content (AvgIpc) is 2.51. The van der Waals surface area contributed by atoms with Crippen LogP contribution >= 0.6 is 23.2 Å². The lowest BCUT2D eigenvalue weighted by Gasteiger charge is -2.31. The van der Waals surface area contributed by atoms with E-state index in [1.165, 1.54) is 19.2 Å². The molecule has 2 rings (SSSR count). The van der Waals surface area contributed by atoms with Crippen molar-refractivity contribution in [2.45, 2.75) is 23.8 Å². The van der Waals surface area contributed by atoms with Crippen LogP contribution in [0.15, 0.2) is 17.0 Å². The van der Waals surface area contributed by atoms with Gasteiger partial charge in [0.25, 0.3) is 0 Å². The number of aliphatic carboxylic acids is 1. The van der Waals surface area contributed by atoms with Gasteiger partial charge < -0.3 is 9.84 Å². The summed E-state index contributed by atoms with van der Waals surface area (Å²) in [6.45, 7) is 0.979. The topological polar surface area (TPSA) is 95.9 Å². The standard InChI is InChI=1S/C14H18Cl2N2O5S/c1-23-10-2-3-11(14(16)13(10)15)24(21,22)17-9-4-6-18(7-5-9)8-12(19)20/h2-3,9,17H,4-8H2,1H3,(H,19,20). The number of ether oxygens (including phenoxy) is 1. The number of rotatable bonds is 6. The Hall–Kier alpha value is -1.06. The van der Waals surface area contributed by atoms with E-state index in [1.54, 1.807) is 4.90 Å². The van der Waals surface area contributed by atoms with E-state index in [9.17, 15) is 13.2 Å². The quantitative estimate of drug-likeness (QED) is 0.761. The van der Waals surface area contributed by atoms with Gasteiger partial charge in [-0.25, -0.2) is 13.1 Å². The molecule has 0 amide bonds. The largest absolute Gasteiger partial charge is 0.495 e. The fraction of sp³-hybridized carbons (Fsp3) is 0.500. The third kappa shape index (κ3) is 4.52. The molecule has 0 saturated carbocycles. The summed E-state index contributed by atoms with van der Waals surface area (Å²) in [5.41, 5.74) is 0. The van der Waals surface area contributed by atoms with E-state index >= 15 is 0 Å². The van der Waals surface area contributed by atoms with Crippen molar-refractivity contribution in [1.29, 1.82) is 0 Å². The maximum atomic E-state index is 12.5. The third-order valence-electron chi connectivity index (χ3n) is 3.79. The fourth-order valence-corrected chi connectivity index (χ4v) is 4.71. The van der Waals surface area contributed by atoms with E-state index in [-0.39, 0.29) is 27.5 Å². The number of nitrogens with one attached hydrogen (secondary N) is 1. The van der Waals surface area contributed by atoms with E-state index < -0.39 is 16.0 Å². The van der Waals surface area contributed by atoms with Gasteiger partial charge in [-0.05, 0) is 25.0 Å². The van der Waals surface area contributed by atoms with Gasteiger partial charge in [0.1, 0.15) is 15.7 Å². The van der Waals surface area contributed by atoms with Gasteiger partial charge >= 0.3 is 5.97 Å². The summed E-state index contributed by atoms with van der Waals surface area (Å²) in [5.74, 6) is -0.601. The Bertz CT molecular complexity index is 718. The average molecular weight is 397 g/mol. The number of sulfonamides is 1. The van der Waals surface area contributed by atoms with Gasteiger partial charge in [-0.1, -0.05) is 23.2 Å². The van der Waals surface area contributed by atoms with Crippen molar-refractivity contribution in [1.82, 2.24) is 9.62 Å². The molecule has 0 aromatic heterocycles. The molecule has 1 fully saturated rings. The zero-order valence-electron chi connectivity index (χ0n) is 13.0. The predicted molar refractivity (Wildman–Crippen MR) is 90.4 cm³/mol. The number of carbonyl (C=O) groups is 1. The molecule has 1 saturated heterocycles.